The van der Waals surface area contributed by atoms with Gasteiger partial charge >= 0.3 is 0 Å². The number of amides is 1. The van der Waals surface area contributed by atoms with Crippen molar-refractivity contribution in [2.75, 3.05) is 31.5 Å². The number of hydrogen-bond acceptors (Lipinski definition) is 4. The van der Waals surface area contributed by atoms with Gasteiger partial charge in [0, 0.05) is 44.2 Å². The van der Waals surface area contributed by atoms with Crippen molar-refractivity contribution >= 4 is 11.6 Å². The van der Waals surface area contributed by atoms with Gasteiger partial charge in [-0.05, 0) is 18.6 Å². The lowest BCUT2D eigenvalue weighted by Crippen LogP contribution is -2.35. The van der Waals surface area contributed by atoms with Crippen molar-refractivity contribution in [3.05, 3.63) is 29.8 Å². The number of anilines is 1. The summed E-state index contributed by atoms with van der Waals surface area (Å²) >= 11 is 0. The van der Waals surface area contributed by atoms with E-state index in [4.69, 9.17) is 0 Å². The minimum atomic E-state index is -0.347. The number of benzene rings is 1. The van der Waals surface area contributed by atoms with Crippen molar-refractivity contribution in [1.29, 1.82) is 0 Å². The first kappa shape index (κ1) is 14.8. The molecule has 2 unspecified atom stereocenters. The van der Waals surface area contributed by atoms with Gasteiger partial charge in [0.25, 0.3) is 0 Å². The summed E-state index contributed by atoms with van der Waals surface area (Å²) in [4.78, 5) is 11.7. The van der Waals surface area contributed by atoms with Crippen molar-refractivity contribution in [2.24, 2.45) is 5.92 Å². The highest BCUT2D eigenvalue weighted by atomic mass is 16.3. The molecule has 1 amide bonds. The predicted octanol–water partition coefficient (Wildman–Crippen LogP) is 0.494. The van der Waals surface area contributed by atoms with Crippen molar-refractivity contribution in [2.45, 2.75) is 19.4 Å². The smallest absolute Gasteiger partial charge is 0.221 e. The molecule has 110 valence electrons. The van der Waals surface area contributed by atoms with E-state index in [1.54, 1.807) is 0 Å². The number of aliphatic hydroxyl groups is 1. The molecule has 1 aliphatic rings. The van der Waals surface area contributed by atoms with Gasteiger partial charge in [-0.2, -0.15) is 0 Å². The zero-order valence-electron chi connectivity index (χ0n) is 11.9. The van der Waals surface area contributed by atoms with Gasteiger partial charge in [0.15, 0.2) is 0 Å². The third-order valence-corrected chi connectivity index (χ3v) is 3.68. The van der Waals surface area contributed by atoms with Crippen molar-refractivity contribution in [3.63, 3.8) is 0 Å². The van der Waals surface area contributed by atoms with Crippen LogP contribution in [0.1, 0.15) is 12.0 Å². The van der Waals surface area contributed by atoms with Crippen molar-refractivity contribution in [3.8, 4) is 0 Å². The van der Waals surface area contributed by atoms with Gasteiger partial charge in [0.1, 0.15) is 0 Å². The number of para-hydroxylation sites is 1. The fourth-order valence-corrected chi connectivity index (χ4v) is 2.34. The summed E-state index contributed by atoms with van der Waals surface area (Å²) in [6.07, 6.45) is 0.0882. The average molecular weight is 277 g/mol. The summed E-state index contributed by atoms with van der Waals surface area (Å²) in [5.74, 6) is 0.147. The molecule has 0 saturated carbocycles. The molecule has 0 aliphatic carbocycles. The molecule has 1 heterocycles. The zero-order chi connectivity index (χ0) is 14.4. The third kappa shape index (κ3) is 4.21. The van der Waals surface area contributed by atoms with E-state index in [1.165, 1.54) is 5.56 Å². The van der Waals surface area contributed by atoms with Gasteiger partial charge in [-0.3, -0.25) is 4.79 Å². The maximum absolute atomic E-state index is 11.7. The second kappa shape index (κ2) is 7.26. The monoisotopic (exact) mass is 277 g/mol. The topological polar surface area (TPSA) is 73.4 Å². The van der Waals surface area contributed by atoms with Crippen molar-refractivity contribution in [1.82, 2.24) is 10.6 Å². The predicted molar refractivity (Wildman–Crippen MR) is 79.7 cm³/mol. The van der Waals surface area contributed by atoms with Gasteiger partial charge in [0.2, 0.25) is 5.91 Å². The van der Waals surface area contributed by atoms with Crippen LogP contribution in [0.2, 0.25) is 0 Å². The van der Waals surface area contributed by atoms with E-state index in [0.29, 0.717) is 26.1 Å². The minimum Gasteiger partial charge on any atom is -0.391 e. The Balaban J connectivity index is 1.64. The zero-order valence-corrected chi connectivity index (χ0v) is 11.9. The molecule has 0 spiro atoms. The second-order valence-electron chi connectivity index (χ2n) is 5.28. The fraction of sp³-hybridized carbons (Fsp3) is 0.533. The summed E-state index contributed by atoms with van der Waals surface area (Å²) in [6, 6.07) is 8.02. The molecule has 5 nitrogen and oxygen atoms in total. The molecular formula is C15H23N3O2. The van der Waals surface area contributed by atoms with Crippen LogP contribution in [0.3, 0.4) is 0 Å². The highest BCUT2D eigenvalue weighted by Gasteiger charge is 2.24. The van der Waals surface area contributed by atoms with Gasteiger partial charge in [0.05, 0.1) is 6.10 Å². The molecule has 1 aromatic carbocycles. The number of nitrogens with one attached hydrogen (secondary N) is 3. The standard InChI is InChI=1S/C15H23N3O2/c1-11-4-2-3-5-13(11)17-7-6-15(20)18-9-12-8-16-10-14(12)19/h2-5,12,14,16-17,19H,6-10H2,1H3,(H,18,20). The molecule has 1 aromatic rings. The Kier molecular flexibility index (Phi) is 5.38. The van der Waals surface area contributed by atoms with Crippen LogP contribution in [-0.2, 0) is 4.79 Å². The number of aryl methyl sites for hydroxylation is 1. The van der Waals surface area contributed by atoms with Gasteiger partial charge in [-0.15, -0.1) is 0 Å². The average Bonchev–Trinajstić information content (AvgIpc) is 2.84. The number of carbonyl (C=O) groups is 1. The van der Waals surface area contributed by atoms with E-state index in [9.17, 15) is 9.90 Å². The molecule has 5 heteroatoms. The van der Waals surface area contributed by atoms with Crippen LogP contribution in [0, 0.1) is 12.8 Å². The SMILES string of the molecule is Cc1ccccc1NCCC(=O)NCC1CNCC1O. The number of β-amino-alcohol motifs (C(OH)–C–C–N with tert-alkyl or cyclic N) is 1. The fourth-order valence-electron chi connectivity index (χ4n) is 2.34. The molecule has 2 atom stereocenters. The van der Waals surface area contributed by atoms with Gasteiger partial charge in [-0.25, -0.2) is 0 Å². The summed E-state index contributed by atoms with van der Waals surface area (Å²) < 4.78 is 0. The van der Waals surface area contributed by atoms with Gasteiger partial charge < -0.3 is 21.1 Å². The lowest BCUT2D eigenvalue weighted by atomic mass is 10.1. The van der Waals surface area contributed by atoms with Crippen molar-refractivity contribution < 1.29 is 9.90 Å². The van der Waals surface area contributed by atoms with E-state index >= 15 is 0 Å². The molecule has 1 saturated heterocycles. The number of carbonyl (C=O) groups excluding carboxylic acids is 1. The normalized spacial score (nSPS) is 21.7. The summed E-state index contributed by atoms with van der Waals surface area (Å²) in [5, 5.41) is 18.9. The summed E-state index contributed by atoms with van der Waals surface area (Å²) in [5.41, 5.74) is 2.24. The highest BCUT2D eigenvalue weighted by Crippen LogP contribution is 2.12. The maximum Gasteiger partial charge on any atom is 0.221 e. The first-order valence-corrected chi connectivity index (χ1v) is 7.12. The third-order valence-electron chi connectivity index (χ3n) is 3.68. The van der Waals surface area contributed by atoms with Crippen LogP contribution in [0.15, 0.2) is 24.3 Å². The molecule has 1 aliphatic heterocycles. The Morgan fingerprint density at radius 1 is 1.40 bits per heavy atom. The largest absolute Gasteiger partial charge is 0.391 e. The van der Waals surface area contributed by atoms with Crippen LogP contribution in [0.5, 0.6) is 0 Å². The van der Waals surface area contributed by atoms with Crippen LogP contribution >= 0.6 is 0 Å². The molecule has 0 radical (unpaired) electrons. The number of hydrogen-bond donors (Lipinski definition) is 4. The van der Waals surface area contributed by atoms with E-state index in [0.717, 1.165) is 12.2 Å². The minimum absolute atomic E-state index is 0.0187. The Morgan fingerprint density at radius 3 is 2.90 bits per heavy atom. The molecule has 1 fully saturated rings. The Labute approximate surface area is 119 Å². The molecule has 4 N–H and O–H groups in total. The van der Waals surface area contributed by atoms with E-state index in [-0.39, 0.29) is 17.9 Å². The Hall–Kier alpha value is -1.59. The quantitative estimate of drug-likeness (QED) is 0.611. The molecule has 0 bridgehead atoms. The van der Waals surface area contributed by atoms with Gasteiger partial charge in [-0.1, -0.05) is 18.2 Å². The Bertz CT molecular complexity index is 450. The first-order valence-electron chi connectivity index (χ1n) is 7.12. The lowest BCUT2D eigenvalue weighted by molar-refractivity contribution is -0.121. The number of aliphatic hydroxyl groups excluding tert-OH is 1. The number of rotatable bonds is 6. The van der Waals surface area contributed by atoms with Crippen LogP contribution in [0.25, 0.3) is 0 Å². The first-order chi connectivity index (χ1) is 9.66. The molecule has 20 heavy (non-hydrogen) atoms. The summed E-state index contributed by atoms with van der Waals surface area (Å²) in [7, 11) is 0. The maximum atomic E-state index is 11.7. The van der Waals surface area contributed by atoms with E-state index in [1.807, 2.05) is 31.2 Å². The second-order valence-corrected chi connectivity index (χ2v) is 5.28. The molecule has 2 rings (SSSR count). The lowest BCUT2D eigenvalue weighted by Gasteiger charge is -2.14. The Morgan fingerprint density at radius 2 is 2.20 bits per heavy atom. The van der Waals surface area contributed by atoms with Crippen LogP contribution < -0.4 is 16.0 Å². The molecular weight excluding hydrogens is 254 g/mol. The molecule has 0 aromatic heterocycles. The van der Waals surface area contributed by atoms with Crippen LogP contribution in [0.4, 0.5) is 5.69 Å². The summed E-state index contributed by atoms with van der Waals surface area (Å²) in [6.45, 7) is 4.58. The van der Waals surface area contributed by atoms with Crippen LogP contribution in [-0.4, -0.2) is 43.3 Å². The van der Waals surface area contributed by atoms with E-state index < -0.39 is 0 Å². The highest BCUT2D eigenvalue weighted by molar-refractivity contribution is 5.76. The van der Waals surface area contributed by atoms with E-state index in [2.05, 4.69) is 16.0 Å².